The molecule has 2 heterocycles. The van der Waals surface area contributed by atoms with Crippen LogP contribution in [-0.2, 0) is 9.31 Å². The van der Waals surface area contributed by atoms with E-state index in [0.29, 0.717) is 6.04 Å². The van der Waals surface area contributed by atoms with E-state index in [1.165, 1.54) is 6.42 Å². The van der Waals surface area contributed by atoms with Gasteiger partial charge in [0.25, 0.3) is 0 Å². The van der Waals surface area contributed by atoms with Gasteiger partial charge < -0.3 is 19.9 Å². The molecule has 0 saturated carbocycles. The molecular weight excluding hydrogens is 337 g/mol. The summed E-state index contributed by atoms with van der Waals surface area (Å²) in [6.07, 6.45) is 1.20. The Morgan fingerprint density at radius 3 is 2.37 bits per heavy atom. The fourth-order valence-corrected chi connectivity index (χ4v) is 3.37. The van der Waals surface area contributed by atoms with Crippen LogP contribution in [0.4, 0.5) is 11.4 Å². The Morgan fingerprint density at radius 1 is 1.22 bits per heavy atom. The molecule has 2 aliphatic rings. The smallest absolute Gasteiger partial charge is 0.399 e. The molecule has 0 bridgehead atoms. The largest absolute Gasteiger partial charge is 0.494 e. The summed E-state index contributed by atoms with van der Waals surface area (Å²) in [5.74, 6) is 0.736. The van der Waals surface area contributed by atoms with Gasteiger partial charge in [0.15, 0.2) is 0 Å². The minimum absolute atomic E-state index is 0.343. The summed E-state index contributed by atoms with van der Waals surface area (Å²) in [5, 5.41) is 7.07. The minimum atomic E-state index is -0.367. The zero-order chi connectivity index (χ0) is 20.2. The quantitative estimate of drug-likeness (QED) is 0.610. The fraction of sp³-hybridized carbons (Fsp3) is 0.667. The molecule has 3 rings (SSSR count). The van der Waals surface area contributed by atoms with E-state index in [-0.39, 0.29) is 18.3 Å². The first kappa shape index (κ1) is 21.9. The van der Waals surface area contributed by atoms with Crippen LogP contribution in [0.15, 0.2) is 23.2 Å². The van der Waals surface area contributed by atoms with E-state index in [1.54, 1.807) is 0 Å². The van der Waals surface area contributed by atoms with Crippen molar-refractivity contribution in [1.29, 1.82) is 0 Å². The van der Waals surface area contributed by atoms with Gasteiger partial charge in [-0.05, 0) is 70.9 Å². The highest BCUT2D eigenvalue weighted by atomic mass is 16.7. The summed E-state index contributed by atoms with van der Waals surface area (Å²) in [7, 11) is -0.367. The van der Waals surface area contributed by atoms with Crippen LogP contribution in [0.5, 0.6) is 0 Å². The van der Waals surface area contributed by atoms with E-state index in [4.69, 9.17) is 9.31 Å². The number of nitrogens with zero attached hydrogens (tertiary/aromatic N) is 1. The lowest BCUT2D eigenvalue weighted by atomic mass is 9.78. The number of anilines is 1. The van der Waals surface area contributed by atoms with E-state index in [0.717, 1.165) is 35.8 Å². The minimum Gasteiger partial charge on any atom is -0.399 e. The van der Waals surface area contributed by atoms with Crippen molar-refractivity contribution in [2.75, 3.05) is 18.4 Å². The summed E-state index contributed by atoms with van der Waals surface area (Å²) in [5.41, 5.74) is 2.14. The molecule has 1 aromatic rings. The van der Waals surface area contributed by atoms with Crippen LogP contribution in [0.3, 0.4) is 0 Å². The number of nitrogens with one attached hydrogen (secondary N) is 2. The maximum Gasteiger partial charge on any atom is 0.494 e. The highest BCUT2D eigenvalue weighted by molar-refractivity contribution is 6.62. The predicted molar refractivity (Wildman–Crippen MR) is 117 cm³/mol. The van der Waals surface area contributed by atoms with Gasteiger partial charge >= 0.3 is 7.12 Å². The first-order chi connectivity index (χ1) is 12.7. The first-order valence-corrected chi connectivity index (χ1v) is 10.2. The summed E-state index contributed by atoms with van der Waals surface area (Å²) in [6.45, 7) is 20.2. The molecule has 2 saturated heterocycles. The average molecular weight is 373 g/mol. The molecule has 0 spiro atoms. The van der Waals surface area contributed by atoms with Crippen molar-refractivity contribution < 1.29 is 9.31 Å². The summed E-state index contributed by atoms with van der Waals surface area (Å²) in [6, 6.07) is 6.55. The zero-order valence-corrected chi connectivity index (χ0v) is 18.1. The van der Waals surface area contributed by atoms with Crippen molar-refractivity contribution in [3.05, 3.63) is 18.2 Å². The Kier molecular flexibility index (Phi) is 7.11. The van der Waals surface area contributed by atoms with Crippen LogP contribution in [-0.4, -0.2) is 44.2 Å². The Labute approximate surface area is 165 Å². The monoisotopic (exact) mass is 373 g/mol. The number of rotatable bonds is 5. The summed E-state index contributed by atoms with van der Waals surface area (Å²) in [4.78, 5) is 4.14. The van der Waals surface area contributed by atoms with Gasteiger partial charge in [0, 0.05) is 12.6 Å². The standard InChI is InChI=1S/C19H30BN3O2.C2H6/c1-13-9-15(22-11-13)12-23-17-10-14(7-8-16(17)21-6)20-24-18(2,3)19(4,5)25-20;1-2/h7-8,10,13,15,22-23H,6,9,11-12H2,1-5H3;1-2H3. The maximum absolute atomic E-state index is 6.16. The summed E-state index contributed by atoms with van der Waals surface area (Å²) >= 11 is 0. The molecule has 0 aliphatic carbocycles. The molecule has 2 fully saturated rings. The molecule has 27 heavy (non-hydrogen) atoms. The van der Waals surface area contributed by atoms with Gasteiger partial charge in [-0.25, -0.2) is 0 Å². The van der Waals surface area contributed by atoms with Crippen molar-refractivity contribution in [3.8, 4) is 0 Å². The topological polar surface area (TPSA) is 54.9 Å². The van der Waals surface area contributed by atoms with Gasteiger partial charge in [-0.15, -0.1) is 0 Å². The van der Waals surface area contributed by atoms with Crippen LogP contribution < -0.4 is 16.1 Å². The van der Waals surface area contributed by atoms with Crippen LogP contribution in [0, 0.1) is 5.92 Å². The number of aliphatic imine (C=N–C) groups is 1. The lowest BCUT2D eigenvalue weighted by Crippen LogP contribution is -2.41. The maximum atomic E-state index is 6.16. The molecule has 0 radical (unpaired) electrons. The highest BCUT2D eigenvalue weighted by Crippen LogP contribution is 2.37. The predicted octanol–water partition coefficient (Wildman–Crippen LogP) is 3.75. The average Bonchev–Trinajstić information content (AvgIpc) is 3.14. The van der Waals surface area contributed by atoms with E-state index >= 15 is 0 Å². The number of hydrogen-bond acceptors (Lipinski definition) is 5. The van der Waals surface area contributed by atoms with Crippen molar-refractivity contribution in [2.45, 2.75) is 72.1 Å². The molecule has 2 unspecified atom stereocenters. The second kappa shape index (κ2) is 8.76. The van der Waals surface area contributed by atoms with E-state index in [1.807, 2.05) is 26.0 Å². The molecule has 2 atom stereocenters. The molecule has 6 heteroatoms. The third-order valence-electron chi connectivity index (χ3n) is 5.70. The van der Waals surface area contributed by atoms with Gasteiger partial charge in [-0.3, -0.25) is 4.99 Å². The molecule has 2 aliphatic heterocycles. The molecule has 150 valence electrons. The number of hydrogen-bond donors (Lipinski definition) is 2. The first-order valence-electron chi connectivity index (χ1n) is 10.2. The molecule has 0 amide bonds. The van der Waals surface area contributed by atoms with Crippen molar-refractivity contribution in [3.63, 3.8) is 0 Å². The fourth-order valence-electron chi connectivity index (χ4n) is 3.37. The second-order valence-corrected chi connectivity index (χ2v) is 8.35. The lowest BCUT2D eigenvalue weighted by Gasteiger charge is -2.32. The van der Waals surface area contributed by atoms with Gasteiger partial charge in [0.1, 0.15) is 0 Å². The van der Waals surface area contributed by atoms with Gasteiger partial charge in [-0.1, -0.05) is 26.8 Å². The molecular formula is C21H36BN3O2. The van der Waals surface area contributed by atoms with Crippen LogP contribution in [0.25, 0.3) is 0 Å². The lowest BCUT2D eigenvalue weighted by molar-refractivity contribution is 0.00578. The third kappa shape index (κ3) is 4.92. The SMILES string of the molecule is C=Nc1ccc(B2OC(C)(C)C(C)(C)O2)cc1NCC1CC(C)CN1.CC. The van der Waals surface area contributed by atoms with Crippen molar-refractivity contribution >= 4 is 30.7 Å². The van der Waals surface area contributed by atoms with Crippen LogP contribution >= 0.6 is 0 Å². The Morgan fingerprint density at radius 2 is 1.85 bits per heavy atom. The highest BCUT2D eigenvalue weighted by Gasteiger charge is 2.51. The zero-order valence-electron chi connectivity index (χ0n) is 18.1. The van der Waals surface area contributed by atoms with Gasteiger partial charge in [0.2, 0.25) is 0 Å². The normalized spacial score (nSPS) is 25.7. The Hall–Kier alpha value is -1.37. The van der Waals surface area contributed by atoms with Crippen LogP contribution in [0.2, 0.25) is 0 Å². The third-order valence-corrected chi connectivity index (χ3v) is 5.70. The van der Waals surface area contributed by atoms with Crippen LogP contribution in [0.1, 0.15) is 54.9 Å². The van der Waals surface area contributed by atoms with Crippen molar-refractivity contribution in [2.24, 2.45) is 10.9 Å². The Balaban J connectivity index is 0.00000126. The number of benzene rings is 1. The second-order valence-electron chi connectivity index (χ2n) is 8.35. The van der Waals surface area contributed by atoms with Gasteiger partial charge in [-0.2, -0.15) is 0 Å². The molecule has 5 nitrogen and oxygen atoms in total. The molecule has 1 aromatic carbocycles. The Bertz CT molecular complexity index is 632. The van der Waals surface area contributed by atoms with E-state index in [2.05, 4.69) is 63.0 Å². The molecule has 2 N–H and O–H groups in total. The van der Waals surface area contributed by atoms with E-state index < -0.39 is 0 Å². The van der Waals surface area contributed by atoms with E-state index in [9.17, 15) is 0 Å². The van der Waals surface area contributed by atoms with Crippen molar-refractivity contribution in [1.82, 2.24) is 5.32 Å². The summed E-state index contributed by atoms with van der Waals surface area (Å²) < 4.78 is 12.3. The molecule has 0 aromatic heterocycles. The van der Waals surface area contributed by atoms with Gasteiger partial charge in [0.05, 0.1) is 22.6 Å².